The van der Waals surface area contributed by atoms with Gasteiger partial charge in [-0.1, -0.05) is 30.3 Å². The third kappa shape index (κ3) is 3.62. The zero-order chi connectivity index (χ0) is 14.0. The quantitative estimate of drug-likeness (QED) is 0.656. The van der Waals surface area contributed by atoms with Crippen LogP contribution in [0.15, 0.2) is 42.5 Å². The standard InChI is InChI=1S/C14H10F3IO/c1-9-4-2-3-5-11(9)10-6-7-13(12(18)8-10)19-14(15,16)17/h2-8H,1H3. The Morgan fingerprint density at radius 1 is 1.05 bits per heavy atom. The second kappa shape index (κ2) is 5.40. The molecule has 0 aliphatic heterocycles. The van der Waals surface area contributed by atoms with Gasteiger partial charge in [0.2, 0.25) is 0 Å². The van der Waals surface area contributed by atoms with Gasteiger partial charge in [-0.2, -0.15) is 0 Å². The molecule has 0 N–H and O–H groups in total. The summed E-state index contributed by atoms with van der Waals surface area (Å²) >= 11 is 1.84. The highest BCUT2D eigenvalue weighted by Gasteiger charge is 2.31. The summed E-state index contributed by atoms with van der Waals surface area (Å²) in [4.78, 5) is 0. The molecule has 0 saturated heterocycles. The summed E-state index contributed by atoms with van der Waals surface area (Å²) in [5, 5.41) is 0. The fourth-order valence-corrected chi connectivity index (χ4v) is 2.40. The Bertz CT molecular complexity index is 593. The van der Waals surface area contributed by atoms with E-state index in [1.165, 1.54) is 6.07 Å². The molecule has 0 saturated carbocycles. The SMILES string of the molecule is Cc1ccccc1-c1ccc(OC(F)(F)F)c(I)c1. The Morgan fingerprint density at radius 3 is 2.32 bits per heavy atom. The average Bonchev–Trinajstić information content (AvgIpc) is 2.31. The first-order valence-corrected chi connectivity index (χ1v) is 6.56. The fraction of sp³-hybridized carbons (Fsp3) is 0.143. The number of benzene rings is 2. The summed E-state index contributed by atoms with van der Waals surface area (Å²) in [5.74, 6) is -0.176. The van der Waals surface area contributed by atoms with Gasteiger partial charge in [0.15, 0.2) is 0 Å². The molecule has 0 aliphatic carbocycles. The van der Waals surface area contributed by atoms with Crippen LogP contribution in [-0.4, -0.2) is 6.36 Å². The third-order valence-corrected chi connectivity index (χ3v) is 3.46. The summed E-state index contributed by atoms with van der Waals surface area (Å²) in [7, 11) is 0. The summed E-state index contributed by atoms with van der Waals surface area (Å²) in [6.45, 7) is 1.96. The summed E-state index contributed by atoms with van der Waals surface area (Å²) in [5.41, 5.74) is 2.94. The first-order valence-electron chi connectivity index (χ1n) is 5.48. The van der Waals surface area contributed by atoms with Gasteiger partial charge in [-0.05, 0) is 58.3 Å². The van der Waals surface area contributed by atoms with E-state index in [-0.39, 0.29) is 5.75 Å². The van der Waals surface area contributed by atoms with Crippen LogP contribution in [-0.2, 0) is 0 Å². The number of halogens is 4. The van der Waals surface area contributed by atoms with Crippen molar-refractivity contribution in [1.29, 1.82) is 0 Å². The summed E-state index contributed by atoms with van der Waals surface area (Å²) in [6.07, 6.45) is -4.66. The summed E-state index contributed by atoms with van der Waals surface area (Å²) in [6, 6.07) is 12.4. The predicted molar refractivity (Wildman–Crippen MR) is 76.0 cm³/mol. The lowest BCUT2D eigenvalue weighted by Gasteiger charge is -2.12. The number of aryl methyl sites for hydroxylation is 1. The molecule has 0 aromatic heterocycles. The maximum absolute atomic E-state index is 12.2. The van der Waals surface area contributed by atoms with E-state index < -0.39 is 6.36 Å². The fourth-order valence-electron chi connectivity index (χ4n) is 1.77. The van der Waals surface area contributed by atoms with E-state index in [4.69, 9.17) is 0 Å². The van der Waals surface area contributed by atoms with Crippen molar-refractivity contribution in [3.05, 3.63) is 51.6 Å². The second-order valence-corrected chi connectivity index (χ2v) is 5.17. The third-order valence-electron chi connectivity index (χ3n) is 2.61. The van der Waals surface area contributed by atoms with E-state index in [0.29, 0.717) is 3.57 Å². The molecule has 0 aliphatic rings. The number of rotatable bonds is 2. The molecule has 0 atom stereocenters. The minimum Gasteiger partial charge on any atom is -0.405 e. The van der Waals surface area contributed by atoms with Crippen LogP contribution in [0.2, 0.25) is 0 Å². The van der Waals surface area contributed by atoms with Crippen LogP contribution in [0.4, 0.5) is 13.2 Å². The van der Waals surface area contributed by atoms with Gasteiger partial charge in [-0.25, -0.2) is 0 Å². The molecular formula is C14H10F3IO. The van der Waals surface area contributed by atoms with E-state index in [9.17, 15) is 13.2 Å². The molecule has 2 aromatic carbocycles. The number of ether oxygens (including phenoxy) is 1. The Labute approximate surface area is 122 Å². The molecule has 2 rings (SSSR count). The van der Waals surface area contributed by atoms with Crippen molar-refractivity contribution in [2.75, 3.05) is 0 Å². The van der Waals surface area contributed by atoms with Crippen molar-refractivity contribution in [2.24, 2.45) is 0 Å². The normalized spacial score (nSPS) is 11.4. The van der Waals surface area contributed by atoms with E-state index >= 15 is 0 Å². The van der Waals surface area contributed by atoms with Gasteiger partial charge in [0.1, 0.15) is 5.75 Å². The van der Waals surface area contributed by atoms with Crippen LogP contribution in [0, 0.1) is 10.5 Å². The van der Waals surface area contributed by atoms with Gasteiger partial charge < -0.3 is 4.74 Å². The predicted octanol–water partition coefficient (Wildman–Crippen LogP) is 5.17. The van der Waals surface area contributed by atoms with E-state index in [1.54, 1.807) is 12.1 Å². The first-order chi connectivity index (χ1) is 8.87. The van der Waals surface area contributed by atoms with E-state index in [0.717, 1.165) is 16.7 Å². The topological polar surface area (TPSA) is 9.23 Å². The molecule has 1 nitrogen and oxygen atoms in total. The maximum atomic E-state index is 12.2. The highest BCUT2D eigenvalue weighted by Crippen LogP contribution is 2.32. The van der Waals surface area contributed by atoms with Crippen molar-refractivity contribution in [3.8, 4) is 16.9 Å². The molecule has 0 bridgehead atoms. The molecule has 0 spiro atoms. The highest BCUT2D eigenvalue weighted by molar-refractivity contribution is 14.1. The lowest BCUT2D eigenvalue weighted by Crippen LogP contribution is -2.17. The minimum atomic E-state index is -4.66. The van der Waals surface area contributed by atoms with Gasteiger partial charge in [-0.3, -0.25) is 0 Å². The number of hydrogen-bond acceptors (Lipinski definition) is 1. The van der Waals surface area contributed by atoms with Gasteiger partial charge in [-0.15, -0.1) is 13.2 Å². The Hall–Kier alpha value is -1.24. The van der Waals surface area contributed by atoms with Crippen LogP contribution in [0.3, 0.4) is 0 Å². The maximum Gasteiger partial charge on any atom is 0.573 e. The van der Waals surface area contributed by atoms with Crippen molar-refractivity contribution in [1.82, 2.24) is 0 Å². The largest absolute Gasteiger partial charge is 0.573 e. The molecule has 0 radical (unpaired) electrons. The number of alkyl halides is 3. The van der Waals surface area contributed by atoms with Gasteiger partial charge in [0.25, 0.3) is 0 Å². The molecule has 0 heterocycles. The molecule has 5 heteroatoms. The first kappa shape index (κ1) is 14.2. The van der Waals surface area contributed by atoms with Crippen LogP contribution in [0.25, 0.3) is 11.1 Å². The van der Waals surface area contributed by atoms with Gasteiger partial charge >= 0.3 is 6.36 Å². The molecule has 2 aromatic rings. The summed E-state index contributed by atoms with van der Waals surface area (Å²) < 4.78 is 40.9. The lowest BCUT2D eigenvalue weighted by molar-refractivity contribution is -0.274. The molecule has 19 heavy (non-hydrogen) atoms. The van der Waals surface area contributed by atoms with Crippen molar-refractivity contribution in [2.45, 2.75) is 13.3 Å². The Kier molecular flexibility index (Phi) is 4.03. The second-order valence-electron chi connectivity index (χ2n) is 4.01. The molecule has 100 valence electrons. The van der Waals surface area contributed by atoms with Crippen LogP contribution >= 0.6 is 22.6 Å². The Balaban J connectivity index is 2.37. The molecule has 0 amide bonds. The highest BCUT2D eigenvalue weighted by atomic mass is 127. The van der Waals surface area contributed by atoms with E-state index in [2.05, 4.69) is 4.74 Å². The molecular weight excluding hydrogens is 368 g/mol. The van der Waals surface area contributed by atoms with Gasteiger partial charge in [0.05, 0.1) is 3.57 Å². The van der Waals surface area contributed by atoms with Gasteiger partial charge in [0, 0.05) is 0 Å². The monoisotopic (exact) mass is 378 g/mol. The molecule has 0 fully saturated rings. The zero-order valence-electron chi connectivity index (χ0n) is 9.96. The molecule has 0 unspecified atom stereocenters. The van der Waals surface area contributed by atoms with Crippen LogP contribution in [0.1, 0.15) is 5.56 Å². The van der Waals surface area contributed by atoms with Crippen molar-refractivity contribution in [3.63, 3.8) is 0 Å². The van der Waals surface area contributed by atoms with Crippen molar-refractivity contribution >= 4 is 22.6 Å². The minimum absolute atomic E-state index is 0.176. The number of hydrogen-bond donors (Lipinski definition) is 0. The zero-order valence-corrected chi connectivity index (χ0v) is 12.1. The van der Waals surface area contributed by atoms with Crippen LogP contribution < -0.4 is 4.74 Å². The van der Waals surface area contributed by atoms with Crippen LogP contribution in [0.5, 0.6) is 5.75 Å². The lowest BCUT2D eigenvalue weighted by atomic mass is 10.0. The van der Waals surface area contributed by atoms with E-state index in [1.807, 2.05) is 53.8 Å². The average molecular weight is 378 g/mol. The Morgan fingerprint density at radius 2 is 1.74 bits per heavy atom. The smallest absolute Gasteiger partial charge is 0.405 e. The van der Waals surface area contributed by atoms with Crippen molar-refractivity contribution < 1.29 is 17.9 Å².